The molecule has 4 nitrogen and oxygen atoms in total. The Bertz CT molecular complexity index is 208. The van der Waals surface area contributed by atoms with E-state index in [1.165, 1.54) is 0 Å². The number of unbranched alkanes of at least 4 members (excludes halogenated alkanes) is 1. The van der Waals surface area contributed by atoms with Crippen molar-refractivity contribution < 1.29 is 14.6 Å². The Kier molecular flexibility index (Phi) is 4.88. The highest BCUT2D eigenvalue weighted by atomic mass is 16.6. The van der Waals surface area contributed by atoms with E-state index >= 15 is 0 Å². The molecule has 0 radical (unpaired) electrons. The molecule has 0 aromatic rings. The molecule has 0 saturated carbocycles. The number of amides is 1. The van der Waals surface area contributed by atoms with Crippen LogP contribution in [-0.4, -0.2) is 41.4 Å². The van der Waals surface area contributed by atoms with Crippen LogP contribution in [0.1, 0.15) is 39.5 Å². The van der Waals surface area contributed by atoms with Gasteiger partial charge >= 0.3 is 6.09 Å². The van der Waals surface area contributed by atoms with Gasteiger partial charge in [0.15, 0.2) is 0 Å². The quantitative estimate of drug-likeness (QED) is 0.730. The highest BCUT2D eigenvalue weighted by Gasteiger charge is 2.28. The third-order valence-corrected chi connectivity index (χ3v) is 2.81. The van der Waals surface area contributed by atoms with Gasteiger partial charge in [0.1, 0.15) is 0 Å². The Morgan fingerprint density at radius 1 is 1.60 bits per heavy atom. The lowest BCUT2D eigenvalue weighted by Gasteiger charge is -2.34. The smallest absolute Gasteiger partial charge is 0.409 e. The predicted octanol–water partition coefficient (Wildman–Crippen LogP) is 1.77. The molecule has 1 heterocycles. The van der Waals surface area contributed by atoms with Gasteiger partial charge in [-0.25, -0.2) is 4.79 Å². The van der Waals surface area contributed by atoms with Crippen LogP contribution in [0, 0.1) is 0 Å². The summed E-state index contributed by atoms with van der Waals surface area (Å²) in [6.07, 6.45) is 2.76. The second-order valence-electron chi connectivity index (χ2n) is 4.19. The first kappa shape index (κ1) is 12.3. The number of ether oxygens (including phenoxy) is 1. The van der Waals surface area contributed by atoms with Crippen LogP contribution in [0.15, 0.2) is 0 Å². The van der Waals surface area contributed by atoms with E-state index in [0.29, 0.717) is 26.0 Å². The molecule has 88 valence electrons. The zero-order valence-electron chi connectivity index (χ0n) is 9.61. The van der Waals surface area contributed by atoms with Crippen molar-refractivity contribution >= 4 is 6.09 Å². The summed E-state index contributed by atoms with van der Waals surface area (Å²) in [4.78, 5) is 13.3. The maximum Gasteiger partial charge on any atom is 0.409 e. The molecular weight excluding hydrogens is 194 g/mol. The largest absolute Gasteiger partial charge is 0.449 e. The fourth-order valence-corrected chi connectivity index (χ4v) is 1.81. The van der Waals surface area contributed by atoms with E-state index in [1.807, 2.05) is 6.92 Å². The predicted molar refractivity (Wildman–Crippen MR) is 57.7 cm³/mol. The highest BCUT2D eigenvalue weighted by molar-refractivity contribution is 5.68. The summed E-state index contributed by atoms with van der Waals surface area (Å²) in [5.74, 6) is 0. The van der Waals surface area contributed by atoms with Crippen LogP contribution in [0.3, 0.4) is 0 Å². The van der Waals surface area contributed by atoms with Crippen LogP contribution in [0.5, 0.6) is 0 Å². The average Bonchev–Trinajstić information content (AvgIpc) is 2.17. The average molecular weight is 215 g/mol. The number of likely N-dealkylation sites (tertiary alicyclic amines) is 1. The molecule has 1 amide bonds. The zero-order chi connectivity index (χ0) is 11.3. The number of aliphatic hydroxyl groups is 1. The lowest BCUT2D eigenvalue weighted by molar-refractivity contribution is 0.0340. The van der Waals surface area contributed by atoms with Crippen molar-refractivity contribution in [3.63, 3.8) is 0 Å². The van der Waals surface area contributed by atoms with Crippen LogP contribution in [0.2, 0.25) is 0 Å². The minimum absolute atomic E-state index is 0.0860. The molecule has 15 heavy (non-hydrogen) atoms. The van der Waals surface area contributed by atoms with Crippen molar-refractivity contribution in [3.8, 4) is 0 Å². The van der Waals surface area contributed by atoms with Crippen molar-refractivity contribution in [2.24, 2.45) is 0 Å². The molecule has 0 spiro atoms. The molecule has 1 aliphatic heterocycles. The minimum atomic E-state index is -0.264. The van der Waals surface area contributed by atoms with E-state index in [2.05, 4.69) is 6.92 Å². The zero-order valence-corrected chi connectivity index (χ0v) is 9.61. The van der Waals surface area contributed by atoms with Crippen LogP contribution in [0.4, 0.5) is 4.79 Å². The molecule has 0 aliphatic carbocycles. The van der Waals surface area contributed by atoms with E-state index in [0.717, 1.165) is 12.8 Å². The van der Waals surface area contributed by atoms with Gasteiger partial charge in [0, 0.05) is 12.6 Å². The Morgan fingerprint density at radius 2 is 2.33 bits per heavy atom. The number of nitrogens with zero attached hydrogens (tertiary/aromatic N) is 1. The summed E-state index contributed by atoms with van der Waals surface area (Å²) in [7, 11) is 0. The van der Waals surface area contributed by atoms with Crippen molar-refractivity contribution in [2.45, 2.75) is 51.7 Å². The standard InChI is InChI=1S/C11H21NO3/c1-3-4-7-15-11(14)12-6-5-10(13)8-9(12)2/h9-10,13H,3-8H2,1-2H3. The lowest BCUT2D eigenvalue weighted by Crippen LogP contribution is -2.46. The Balaban J connectivity index is 2.32. The van der Waals surface area contributed by atoms with Crippen LogP contribution < -0.4 is 0 Å². The van der Waals surface area contributed by atoms with E-state index in [4.69, 9.17) is 4.74 Å². The summed E-state index contributed by atoms with van der Waals surface area (Å²) in [6, 6.07) is 0.0860. The van der Waals surface area contributed by atoms with E-state index in [9.17, 15) is 9.90 Å². The molecule has 1 aliphatic rings. The van der Waals surface area contributed by atoms with Crippen LogP contribution >= 0.6 is 0 Å². The van der Waals surface area contributed by atoms with Gasteiger partial charge in [-0.1, -0.05) is 13.3 Å². The van der Waals surface area contributed by atoms with Gasteiger partial charge in [0.2, 0.25) is 0 Å². The van der Waals surface area contributed by atoms with Gasteiger partial charge in [0.25, 0.3) is 0 Å². The summed E-state index contributed by atoms with van der Waals surface area (Å²) >= 11 is 0. The second-order valence-corrected chi connectivity index (χ2v) is 4.19. The highest BCUT2D eigenvalue weighted by Crippen LogP contribution is 2.17. The number of hydrogen-bond acceptors (Lipinski definition) is 3. The SMILES string of the molecule is CCCCOC(=O)N1CCC(O)CC1C. The van der Waals surface area contributed by atoms with Crippen LogP contribution in [0.25, 0.3) is 0 Å². The Labute approximate surface area is 91.2 Å². The first-order valence-corrected chi connectivity index (χ1v) is 5.76. The third-order valence-electron chi connectivity index (χ3n) is 2.81. The molecule has 1 rings (SSSR count). The summed E-state index contributed by atoms with van der Waals surface area (Å²) in [6.45, 7) is 5.12. The van der Waals surface area contributed by atoms with E-state index in [1.54, 1.807) is 4.90 Å². The van der Waals surface area contributed by atoms with Gasteiger partial charge < -0.3 is 14.7 Å². The maximum absolute atomic E-state index is 11.6. The van der Waals surface area contributed by atoms with Gasteiger partial charge in [-0.15, -0.1) is 0 Å². The summed E-state index contributed by atoms with van der Waals surface area (Å²) < 4.78 is 5.13. The van der Waals surface area contributed by atoms with E-state index in [-0.39, 0.29) is 18.2 Å². The topological polar surface area (TPSA) is 49.8 Å². The molecule has 2 atom stereocenters. The molecule has 1 N–H and O–H groups in total. The number of aliphatic hydroxyl groups excluding tert-OH is 1. The van der Waals surface area contributed by atoms with Crippen LogP contribution in [-0.2, 0) is 4.74 Å². The third kappa shape index (κ3) is 3.70. The monoisotopic (exact) mass is 215 g/mol. The fourth-order valence-electron chi connectivity index (χ4n) is 1.81. The maximum atomic E-state index is 11.6. The molecule has 1 saturated heterocycles. The molecule has 4 heteroatoms. The van der Waals surface area contributed by atoms with Gasteiger partial charge in [-0.05, 0) is 26.2 Å². The first-order chi connectivity index (χ1) is 7.15. The van der Waals surface area contributed by atoms with Crippen molar-refractivity contribution in [3.05, 3.63) is 0 Å². The van der Waals surface area contributed by atoms with Gasteiger partial charge in [-0.2, -0.15) is 0 Å². The Morgan fingerprint density at radius 3 is 2.93 bits per heavy atom. The van der Waals surface area contributed by atoms with E-state index < -0.39 is 0 Å². The molecule has 1 fully saturated rings. The van der Waals surface area contributed by atoms with Crippen molar-refractivity contribution in [1.82, 2.24) is 4.90 Å². The normalized spacial score (nSPS) is 26.5. The Hall–Kier alpha value is -0.770. The first-order valence-electron chi connectivity index (χ1n) is 5.76. The molecule has 0 bridgehead atoms. The van der Waals surface area contributed by atoms with Gasteiger partial charge in [-0.3, -0.25) is 0 Å². The summed E-state index contributed by atoms with van der Waals surface area (Å²) in [5, 5.41) is 9.41. The number of carbonyl (C=O) groups excluding carboxylic acids is 1. The molecule has 0 aromatic carbocycles. The lowest BCUT2D eigenvalue weighted by atomic mass is 10.0. The second kappa shape index (κ2) is 5.95. The number of piperidine rings is 1. The number of hydrogen-bond donors (Lipinski definition) is 1. The number of rotatable bonds is 3. The fraction of sp³-hybridized carbons (Fsp3) is 0.909. The molecular formula is C11H21NO3. The van der Waals surface area contributed by atoms with Crippen molar-refractivity contribution in [1.29, 1.82) is 0 Å². The number of carbonyl (C=O) groups is 1. The van der Waals surface area contributed by atoms with Gasteiger partial charge in [0.05, 0.1) is 12.7 Å². The molecule has 2 unspecified atom stereocenters. The summed E-state index contributed by atoms with van der Waals surface area (Å²) in [5.41, 5.74) is 0. The molecule has 0 aromatic heterocycles. The van der Waals surface area contributed by atoms with Crippen molar-refractivity contribution in [2.75, 3.05) is 13.2 Å². The minimum Gasteiger partial charge on any atom is -0.449 e.